The van der Waals surface area contributed by atoms with Crippen LogP contribution in [-0.2, 0) is 12.4 Å². The van der Waals surface area contributed by atoms with Crippen molar-refractivity contribution in [2.24, 2.45) is 0 Å². The second-order valence-corrected chi connectivity index (χ2v) is 8.85. The van der Waals surface area contributed by atoms with E-state index in [0.717, 1.165) is 0 Å². The van der Waals surface area contributed by atoms with Crippen LogP contribution < -0.4 is 15.0 Å². The lowest BCUT2D eigenvalue weighted by molar-refractivity contribution is -0.274. The van der Waals surface area contributed by atoms with Gasteiger partial charge in [0.05, 0.1) is 11.1 Å². The molecule has 0 atom stereocenters. The van der Waals surface area contributed by atoms with Gasteiger partial charge in [-0.05, 0) is 42.5 Å². The van der Waals surface area contributed by atoms with Crippen LogP contribution in [0.3, 0.4) is 0 Å². The normalized spacial score (nSPS) is 17.8. The molecule has 0 spiro atoms. The summed E-state index contributed by atoms with van der Waals surface area (Å²) >= 11 is 0. The summed E-state index contributed by atoms with van der Waals surface area (Å²) in [6, 6.07) is 5.51. The molecule has 0 radical (unpaired) electrons. The second kappa shape index (κ2) is 10.1. The molecule has 2 aliphatic rings. The molecule has 1 N–H and O–H groups in total. The maximum atomic E-state index is 13.0. The number of anilines is 2. The molecule has 0 unspecified atom stereocenters. The molecule has 2 aliphatic heterocycles. The van der Waals surface area contributed by atoms with Crippen LogP contribution in [0.4, 0.5) is 55.7 Å². The topological polar surface area (TPSA) is 48.1 Å². The number of hydrogen-bond acceptors (Lipinski definition) is 4. The van der Waals surface area contributed by atoms with Gasteiger partial charge >= 0.3 is 24.7 Å². The Morgan fingerprint density at radius 3 is 1.79 bits per heavy atom. The smallest absolute Gasteiger partial charge is 0.406 e. The van der Waals surface area contributed by atoms with Crippen molar-refractivity contribution < 1.29 is 49.0 Å². The fraction of sp³-hybridized carbons (Fsp3) is 0.435. The van der Waals surface area contributed by atoms with E-state index in [1.54, 1.807) is 0 Å². The minimum Gasteiger partial charge on any atom is -0.406 e. The Kier molecular flexibility index (Phi) is 7.34. The Balaban J connectivity index is 1.28. The molecule has 208 valence electrons. The third kappa shape index (κ3) is 6.74. The van der Waals surface area contributed by atoms with E-state index in [4.69, 9.17) is 0 Å². The molecule has 0 saturated carbocycles. The fourth-order valence-electron chi connectivity index (χ4n) is 4.29. The van der Waals surface area contributed by atoms with E-state index in [0.29, 0.717) is 44.0 Å². The van der Waals surface area contributed by atoms with Crippen molar-refractivity contribution in [2.45, 2.75) is 24.8 Å². The Bertz CT molecular complexity index is 1100. The number of alkyl halides is 9. The van der Waals surface area contributed by atoms with Gasteiger partial charge in [0, 0.05) is 56.7 Å². The van der Waals surface area contributed by atoms with Gasteiger partial charge in [-0.2, -0.15) is 26.3 Å². The van der Waals surface area contributed by atoms with Crippen molar-refractivity contribution in [3.8, 4) is 5.75 Å². The number of benzene rings is 2. The van der Waals surface area contributed by atoms with E-state index in [9.17, 15) is 44.3 Å². The first kappa shape index (κ1) is 27.7. The number of nitrogens with zero attached hydrogens (tertiary/aromatic N) is 3. The lowest BCUT2D eigenvalue weighted by Crippen LogP contribution is -2.64. The van der Waals surface area contributed by atoms with Crippen LogP contribution in [0.15, 0.2) is 42.5 Å². The Labute approximate surface area is 210 Å². The average molecular weight is 556 g/mol. The minimum atomic E-state index is -5.02. The summed E-state index contributed by atoms with van der Waals surface area (Å²) in [6.45, 7) is 2.77. The van der Waals surface area contributed by atoms with Gasteiger partial charge in [-0.1, -0.05) is 0 Å². The average Bonchev–Trinajstić information content (AvgIpc) is 2.77. The monoisotopic (exact) mass is 556 g/mol. The molecular weight excluding hydrogens is 535 g/mol. The van der Waals surface area contributed by atoms with Crippen molar-refractivity contribution >= 4 is 17.4 Å². The first-order valence-electron chi connectivity index (χ1n) is 11.3. The van der Waals surface area contributed by atoms with E-state index in [-0.39, 0.29) is 30.9 Å². The van der Waals surface area contributed by atoms with Gasteiger partial charge < -0.3 is 19.9 Å². The van der Waals surface area contributed by atoms with Crippen molar-refractivity contribution in [2.75, 3.05) is 49.5 Å². The zero-order chi connectivity index (χ0) is 27.9. The quantitative estimate of drug-likeness (QED) is 0.494. The maximum Gasteiger partial charge on any atom is 0.573 e. The number of rotatable bonds is 4. The lowest BCUT2D eigenvalue weighted by Gasteiger charge is -2.48. The van der Waals surface area contributed by atoms with Gasteiger partial charge in [-0.15, -0.1) is 13.2 Å². The largest absolute Gasteiger partial charge is 0.573 e. The molecule has 2 saturated heterocycles. The number of halogens is 9. The minimum absolute atomic E-state index is 0.0142. The van der Waals surface area contributed by atoms with Gasteiger partial charge in [-0.3, -0.25) is 4.90 Å². The number of hydrogen-bond donors (Lipinski definition) is 1. The Hall–Kier alpha value is -3.36. The molecule has 38 heavy (non-hydrogen) atoms. The van der Waals surface area contributed by atoms with E-state index >= 15 is 0 Å². The molecule has 2 fully saturated rings. The summed E-state index contributed by atoms with van der Waals surface area (Å²) in [7, 11) is 0. The highest BCUT2D eigenvalue weighted by Gasteiger charge is 2.39. The number of urea groups is 1. The third-order valence-corrected chi connectivity index (χ3v) is 6.25. The van der Waals surface area contributed by atoms with Crippen LogP contribution in [0.5, 0.6) is 5.75 Å². The van der Waals surface area contributed by atoms with E-state index < -0.39 is 41.6 Å². The number of ether oxygens (including phenoxy) is 1. The summed E-state index contributed by atoms with van der Waals surface area (Å²) in [5.74, 6) is -0.326. The Morgan fingerprint density at radius 2 is 1.32 bits per heavy atom. The van der Waals surface area contributed by atoms with Crippen LogP contribution >= 0.6 is 0 Å². The maximum absolute atomic E-state index is 13.0. The van der Waals surface area contributed by atoms with Gasteiger partial charge in [0.1, 0.15) is 5.75 Å². The predicted molar refractivity (Wildman–Crippen MR) is 118 cm³/mol. The molecule has 2 aromatic carbocycles. The van der Waals surface area contributed by atoms with Crippen LogP contribution in [0.25, 0.3) is 0 Å². The van der Waals surface area contributed by atoms with Gasteiger partial charge in [0.2, 0.25) is 0 Å². The van der Waals surface area contributed by atoms with Crippen molar-refractivity contribution in [1.29, 1.82) is 0 Å². The highest BCUT2D eigenvalue weighted by Crippen LogP contribution is 2.37. The SMILES string of the molecule is O=C(Nc1cc(C(F)(F)F)cc(C(F)(F)F)c1)N1CC(N2CCN(c3ccc(OC(F)(F)F)cc3)CC2)C1. The van der Waals surface area contributed by atoms with Crippen LogP contribution in [0.1, 0.15) is 11.1 Å². The molecule has 0 aliphatic carbocycles. The van der Waals surface area contributed by atoms with Crippen LogP contribution in [-0.4, -0.2) is 67.5 Å². The van der Waals surface area contributed by atoms with E-state index in [2.05, 4.69) is 15.0 Å². The first-order valence-corrected chi connectivity index (χ1v) is 11.3. The molecule has 2 heterocycles. The summed E-state index contributed by atoms with van der Waals surface area (Å²) in [4.78, 5) is 17.8. The first-order chi connectivity index (χ1) is 17.6. The highest BCUT2D eigenvalue weighted by atomic mass is 19.4. The molecule has 0 aromatic heterocycles. The van der Waals surface area contributed by atoms with Gasteiger partial charge in [0.15, 0.2) is 0 Å². The lowest BCUT2D eigenvalue weighted by atomic mass is 10.1. The zero-order valence-electron chi connectivity index (χ0n) is 19.4. The molecule has 2 amide bonds. The molecule has 2 aromatic rings. The van der Waals surface area contributed by atoms with Gasteiger partial charge in [0.25, 0.3) is 0 Å². The van der Waals surface area contributed by atoms with Crippen molar-refractivity contribution in [1.82, 2.24) is 9.80 Å². The fourth-order valence-corrected chi connectivity index (χ4v) is 4.29. The summed E-state index contributed by atoms with van der Waals surface area (Å²) in [6.07, 6.45) is -14.8. The van der Waals surface area contributed by atoms with Crippen LogP contribution in [0, 0.1) is 0 Å². The number of likely N-dealkylation sites (tertiary alicyclic amines) is 1. The standard InChI is InChI=1S/C23H21F9N4O2/c24-21(25,26)14-9-15(22(27,28)29)11-16(10-14)33-20(37)36-12-18(13-36)35-7-5-34(6-8-35)17-1-3-19(4-2-17)38-23(30,31)32/h1-4,9-11,18H,5-8,12-13H2,(H,33,37). The van der Waals surface area contributed by atoms with E-state index in [1.165, 1.54) is 29.2 Å². The predicted octanol–water partition coefficient (Wildman–Crippen LogP) is 5.66. The molecule has 15 heteroatoms. The number of carbonyl (C=O) groups excluding carboxylic acids is 1. The summed E-state index contributed by atoms with van der Waals surface area (Å²) < 4.78 is 119. The zero-order valence-corrected chi connectivity index (χ0v) is 19.4. The van der Waals surface area contributed by atoms with E-state index in [1.807, 2.05) is 4.90 Å². The summed E-state index contributed by atoms with van der Waals surface area (Å²) in [5, 5.41) is 2.12. The number of carbonyl (C=O) groups is 1. The number of piperazine rings is 1. The molecule has 0 bridgehead atoms. The Morgan fingerprint density at radius 1 is 0.789 bits per heavy atom. The summed E-state index contributed by atoms with van der Waals surface area (Å²) in [5.41, 5.74) is -2.94. The highest BCUT2D eigenvalue weighted by molar-refractivity contribution is 5.90. The number of nitrogens with one attached hydrogen (secondary N) is 1. The van der Waals surface area contributed by atoms with Crippen LogP contribution in [0.2, 0.25) is 0 Å². The third-order valence-electron chi connectivity index (χ3n) is 6.25. The number of amides is 2. The molecule has 4 rings (SSSR count). The van der Waals surface area contributed by atoms with Gasteiger partial charge in [-0.25, -0.2) is 4.79 Å². The van der Waals surface area contributed by atoms with Crippen molar-refractivity contribution in [3.63, 3.8) is 0 Å². The second-order valence-electron chi connectivity index (χ2n) is 8.85. The van der Waals surface area contributed by atoms with Crippen molar-refractivity contribution in [3.05, 3.63) is 53.6 Å². The molecular formula is C23H21F9N4O2. The molecule has 6 nitrogen and oxygen atoms in total.